The van der Waals surface area contributed by atoms with Crippen molar-refractivity contribution in [3.63, 3.8) is 0 Å². The van der Waals surface area contributed by atoms with E-state index in [0.29, 0.717) is 0 Å². The fraction of sp³-hybridized carbons (Fsp3) is 0.786. The quantitative estimate of drug-likeness (QED) is 0.446. The number of esters is 3. The molecule has 0 aliphatic carbocycles. The van der Waals surface area contributed by atoms with Crippen LogP contribution in [0.25, 0.3) is 0 Å². The molecular weight excluding hydrogens is 296 g/mol. The van der Waals surface area contributed by atoms with Crippen molar-refractivity contribution in [3.8, 4) is 0 Å². The first-order chi connectivity index (χ1) is 10.2. The van der Waals surface area contributed by atoms with Crippen LogP contribution in [-0.2, 0) is 38.1 Å². The highest BCUT2D eigenvalue weighted by molar-refractivity contribution is 5.67. The predicted molar refractivity (Wildman–Crippen MR) is 75.0 cm³/mol. The van der Waals surface area contributed by atoms with Crippen LogP contribution in [0.3, 0.4) is 0 Å². The molecule has 0 aliphatic heterocycles. The lowest BCUT2D eigenvalue weighted by atomic mass is 10.0. The Morgan fingerprint density at radius 1 is 0.818 bits per heavy atom. The molecule has 22 heavy (non-hydrogen) atoms. The smallest absolute Gasteiger partial charge is 0.303 e. The molecule has 8 heteroatoms. The lowest BCUT2D eigenvalue weighted by Gasteiger charge is -2.33. The van der Waals surface area contributed by atoms with Crippen LogP contribution in [0, 0.1) is 0 Å². The van der Waals surface area contributed by atoms with Gasteiger partial charge in [-0.15, -0.1) is 0 Å². The van der Waals surface area contributed by atoms with E-state index in [2.05, 4.69) is 0 Å². The van der Waals surface area contributed by atoms with Gasteiger partial charge in [0.25, 0.3) is 0 Å². The first-order valence-electron chi connectivity index (χ1n) is 6.76. The van der Waals surface area contributed by atoms with Gasteiger partial charge in [-0.2, -0.15) is 0 Å². The molecule has 0 N–H and O–H groups in total. The molecule has 0 aromatic carbocycles. The molecule has 128 valence electrons. The summed E-state index contributed by atoms with van der Waals surface area (Å²) < 4.78 is 25.7. The number of rotatable bonds is 9. The lowest BCUT2D eigenvalue weighted by Crippen LogP contribution is -2.50. The fourth-order valence-electron chi connectivity index (χ4n) is 2.03. The number of hydrogen-bond acceptors (Lipinski definition) is 8. The van der Waals surface area contributed by atoms with Crippen LogP contribution in [0.2, 0.25) is 0 Å². The normalized spacial score (nSPS) is 16.1. The number of carbonyl (C=O) groups excluding carboxylic acids is 3. The van der Waals surface area contributed by atoms with E-state index in [1.165, 1.54) is 35.0 Å². The highest BCUT2D eigenvalue weighted by Crippen LogP contribution is 2.17. The molecule has 0 bridgehead atoms. The van der Waals surface area contributed by atoms with Gasteiger partial charge in [-0.3, -0.25) is 14.4 Å². The second-order valence-electron chi connectivity index (χ2n) is 4.67. The summed E-state index contributed by atoms with van der Waals surface area (Å²) in [6, 6.07) is 0. The van der Waals surface area contributed by atoms with Crippen molar-refractivity contribution in [2.24, 2.45) is 0 Å². The van der Waals surface area contributed by atoms with Crippen LogP contribution >= 0.6 is 0 Å². The summed E-state index contributed by atoms with van der Waals surface area (Å²) in [6.45, 7) is 5.17. The molecule has 0 radical (unpaired) electrons. The van der Waals surface area contributed by atoms with Gasteiger partial charge in [0, 0.05) is 35.0 Å². The Morgan fingerprint density at radius 3 is 1.68 bits per heavy atom. The Bertz CT molecular complexity index is 381. The van der Waals surface area contributed by atoms with Gasteiger partial charge in [-0.05, 0) is 6.92 Å². The average Bonchev–Trinajstić information content (AvgIpc) is 2.39. The van der Waals surface area contributed by atoms with E-state index >= 15 is 0 Å². The van der Waals surface area contributed by atoms with E-state index < -0.39 is 42.3 Å². The highest BCUT2D eigenvalue weighted by atomic mass is 16.6. The largest absolute Gasteiger partial charge is 0.462 e. The second-order valence-corrected chi connectivity index (χ2v) is 4.67. The Balaban J connectivity index is 5.15. The van der Waals surface area contributed by atoms with Crippen LogP contribution < -0.4 is 0 Å². The van der Waals surface area contributed by atoms with Crippen molar-refractivity contribution in [3.05, 3.63) is 0 Å². The first kappa shape index (κ1) is 20.3. The molecule has 0 rings (SSSR count). The molecule has 0 aromatic rings. The zero-order valence-electron chi connectivity index (χ0n) is 13.8. The van der Waals surface area contributed by atoms with Crippen LogP contribution in [0.5, 0.6) is 0 Å². The first-order valence-corrected chi connectivity index (χ1v) is 6.76. The Morgan fingerprint density at radius 2 is 1.32 bits per heavy atom. The summed E-state index contributed by atoms with van der Waals surface area (Å²) >= 11 is 0. The van der Waals surface area contributed by atoms with Gasteiger partial charge in [0.15, 0.2) is 6.10 Å². The fourth-order valence-corrected chi connectivity index (χ4v) is 2.03. The van der Waals surface area contributed by atoms with Crippen LogP contribution in [0.15, 0.2) is 0 Å². The van der Waals surface area contributed by atoms with Crippen LogP contribution in [0.4, 0.5) is 0 Å². The number of ether oxygens (including phenoxy) is 5. The van der Waals surface area contributed by atoms with E-state index in [1.54, 1.807) is 6.92 Å². The van der Waals surface area contributed by atoms with Crippen LogP contribution in [-0.4, -0.2) is 63.2 Å². The zero-order valence-corrected chi connectivity index (χ0v) is 13.8. The minimum absolute atomic E-state index is 0.194. The summed E-state index contributed by atoms with van der Waals surface area (Å²) in [5.74, 6) is -1.56. The van der Waals surface area contributed by atoms with Crippen molar-refractivity contribution in [1.82, 2.24) is 0 Å². The maximum atomic E-state index is 11.2. The molecule has 4 unspecified atom stereocenters. The number of carbonyl (C=O) groups is 3. The van der Waals surface area contributed by atoms with Gasteiger partial charge in [0.05, 0.1) is 0 Å². The van der Waals surface area contributed by atoms with Crippen molar-refractivity contribution in [2.45, 2.75) is 52.1 Å². The van der Waals surface area contributed by atoms with E-state index in [0.717, 1.165) is 0 Å². The molecule has 0 amide bonds. The Hall–Kier alpha value is -1.67. The van der Waals surface area contributed by atoms with Gasteiger partial charge >= 0.3 is 17.9 Å². The third-order valence-electron chi connectivity index (χ3n) is 2.82. The summed E-state index contributed by atoms with van der Waals surface area (Å²) in [7, 11) is 2.80. The van der Waals surface area contributed by atoms with E-state index in [-0.39, 0.29) is 6.61 Å². The van der Waals surface area contributed by atoms with E-state index in [1.807, 2.05) is 0 Å². The van der Waals surface area contributed by atoms with Gasteiger partial charge < -0.3 is 23.7 Å². The summed E-state index contributed by atoms with van der Waals surface area (Å²) in [4.78, 5) is 33.3. The molecule has 4 atom stereocenters. The molecule has 0 spiro atoms. The maximum absolute atomic E-state index is 11.2. The molecule has 0 fully saturated rings. The third kappa shape index (κ3) is 7.37. The second kappa shape index (κ2) is 10.1. The van der Waals surface area contributed by atoms with E-state index in [4.69, 9.17) is 23.7 Å². The summed E-state index contributed by atoms with van der Waals surface area (Å²) in [6.07, 6.45) is -3.05. The van der Waals surface area contributed by atoms with Gasteiger partial charge in [0.1, 0.15) is 24.9 Å². The van der Waals surface area contributed by atoms with Crippen molar-refractivity contribution < 1.29 is 38.1 Å². The monoisotopic (exact) mass is 320 g/mol. The topological polar surface area (TPSA) is 97.4 Å². The molecule has 0 heterocycles. The average molecular weight is 320 g/mol. The molecule has 0 aromatic heterocycles. The van der Waals surface area contributed by atoms with Crippen LogP contribution in [0.1, 0.15) is 27.7 Å². The molecular formula is C14H24O8. The van der Waals surface area contributed by atoms with Crippen molar-refractivity contribution in [1.29, 1.82) is 0 Å². The van der Waals surface area contributed by atoms with Crippen molar-refractivity contribution >= 4 is 17.9 Å². The molecule has 0 aliphatic rings. The summed E-state index contributed by atoms with van der Waals surface area (Å²) in [5.41, 5.74) is 0. The summed E-state index contributed by atoms with van der Waals surface area (Å²) in [5, 5.41) is 0. The van der Waals surface area contributed by atoms with Gasteiger partial charge in [-0.25, -0.2) is 0 Å². The number of hydrogen-bond donors (Lipinski definition) is 0. The zero-order chi connectivity index (χ0) is 17.3. The molecule has 0 saturated heterocycles. The highest BCUT2D eigenvalue weighted by Gasteiger charge is 2.37. The van der Waals surface area contributed by atoms with Crippen molar-refractivity contribution in [2.75, 3.05) is 20.8 Å². The lowest BCUT2D eigenvalue weighted by molar-refractivity contribution is -0.187. The van der Waals surface area contributed by atoms with Gasteiger partial charge in [-0.1, -0.05) is 0 Å². The molecule has 0 saturated carbocycles. The third-order valence-corrected chi connectivity index (χ3v) is 2.82. The standard InChI is InChI=1S/C14H24O8/c1-8(21-10(3)16)13(18-5)14(19-6)12(22-11(4)17)7-20-9(2)15/h8,12-14H,7H2,1-6H3. The maximum Gasteiger partial charge on any atom is 0.303 e. The minimum Gasteiger partial charge on any atom is -0.462 e. The Labute approximate surface area is 130 Å². The molecule has 8 nitrogen and oxygen atoms in total. The van der Waals surface area contributed by atoms with Gasteiger partial charge in [0.2, 0.25) is 0 Å². The SMILES string of the molecule is COC(C(C)OC(C)=O)C(OC)C(COC(C)=O)OC(C)=O. The minimum atomic E-state index is -0.894. The Kier molecular flexibility index (Phi) is 9.35. The predicted octanol–water partition coefficient (Wildman–Crippen LogP) is 0.463. The van der Waals surface area contributed by atoms with E-state index in [9.17, 15) is 14.4 Å². The number of methoxy groups -OCH3 is 2.